The number of carbonyl (C=O) groups is 1. The van der Waals surface area contributed by atoms with E-state index in [2.05, 4.69) is 0 Å². The monoisotopic (exact) mass is 284 g/mol. The second kappa shape index (κ2) is 8.64. The third-order valence-electron chi connectivity index (χ3n) is 3.19. The lowest BCUT2D eigenvalue weighted by Gasteiger charge is -2.17. The summed E-state index contributed by atoms with van der Waals surface area (Å²) >= 11 is 0. The van der Waals surface area contributed by atoms with Crippen molar-refractivity contribution in [3.63, 3.8) is 0 Å². The molecule has 1 amide bonds. The van der Waals surface area contributed by atoms with Gasteiger partial charge in [0.25, 0.3) is 0 Å². The fourth-order valence-corrected chi connectivity index (χ4v) is 1.96. The smallest absolute Gasteiger partial charge is 0.222 e. The van der Waals surface area contributed by atoms with Crippen molar-refractivity contribution >= 4 is 5.91 Å². The lowest BCUT2D eigenvalue weighted by Crippen LogP contribution is -2.26. The number of nitrogens with two attached hydrogens (primary N) is 1. The Labute approximate surface area is 118 Å². The third-order valence-corrected chi connectivity index (χ3v) is 3.19. The third kappa shape index (κ3) is 5.65. The molecule has 112 valence electrons. The summed E-state index contributed by atoms with van der Waals surface area (Å²) in [5, 5.41) is 0. The van der Waals surface area contributed by atoms with Gasteiger partial charge in [-0.2, -0.15) is 0 Å². The average Bonchev–Trinajstić information content (AvgIpc) is 2.41. The Bertz CT molecular complexity index is 438. The first-order valence-electron chi connectivity index (χ1n) is 6.92. The molecule has 0 radical (unpaired) electrons. The Balaban J connectivity index is 2.37. The molecule has 0 bridgehead atoms. The number of amides is 1. The zero-order valence-electron chi connectivity index (χ0n) is 11.9. The Kier molecular flexibility index (Phi) is 7.15. The molecule has 0 aliphatic rings. The molecule has 5 heteroatoms. The molecule has 0 heterocycles. The SMILES string of the molecule is CN(Cc1ccc(F)cc1F)C(=O)CCCCCCN. The van der Waals surface area contributed by atoms with E-state index in [-0.39, 0.29) is 12.5 Å². The number of hydrogen-bond acceptors (Lipinski definition) is 2. The van der Waals surface area contributed by atoms with Gasteiger partial charge >= 0.3 is 0 Å². The molecule has 1 aromatic rings. The van der Waals surface area contributed by atoms with E-state index in [4.69, 9.17) is 5.73 Å². The Morgan fingerprint density at radius 1 is 1.20 bits per heavy atom. The standard InChI is InChI=1S/C15H22F2N2O/c1-19(15(20)6-4-2-3-5-9-18)11-12-7-8-13(16)10-14(12)17/h7-8,10H,2-6,9,11,18H2,1H3. The van der Waals surface area contributed by atoms with Crippen molar-refractivity contribution < 1.29 is 13.6 Å². The van der Waals surface area contributed by atoms with E-state index in [1.807, 2.05) is 0 Å². The van der Waals surface area contributed by atoms with Gasteiger partial charge in [0.1, 0.15) is 11.6 Å². The van der Waals surface area contributed by atoms with E-state index in [1.54, 1.807) is 7.05 Å². The second-order valence-electron chi connectivity index (χ2n) is 4.94. The number of unbranched alkanes of at least 4 members (excludes halogenated alkanes) is 3. The van der Waals surface area contributed by atoms with Crippen LogP contribution in [0, 0.1) is 11.6 Å². The number of carbonyl (C=O) groups excluding carboxylic acids is 1. The molecule has 3 nitrogen and oxygen atoms in total. The molecule has 1 rings (SSSR count). The highest BCUT2D eigenvalue weighted by atomic mass is 19.1. The van der Waals surface area contributed by atoms with Crippen molar-refractivity contribution in [3.05, 3.63) is 35.4 Å². The maximum absolute atomic E-state index is 13.5. The number of benzene rings is 1. The van der Waals surface area contributed by atoms with E-state index in [9.17, 15) is 13.6 Å². The van der Waals surface area contributed by atoms with Crippen LogP contribution in [0.3, 0.4) is 0 Å². The van der Waals surface area contributed by atoms with Crippen LogP contribution in [-0.2, 0) is 11.3 Å². The molecule has 0 saturated carbocycles. The molecular formula is C15H22F2N2O. The van der Waals surface area contributed by atoms with Gasteiger partial charge in [-0.15, -0.1) is 0 Å². The van der Waals surface area contributed by atoms with Crippen LogP contribution in [0.1, 0.15) is 37.7 Å². The average molecular weight is 284 g/mol. The summed E-state index contributed by atoms with van der Waals surface area (Å²) in [5.41, 5.74) is 5.72. The summed E-state index contributed by atoms with van der Waals surface area (Å²) < 4.78 is 26.3. The normalized spacial score (nSPS) is 10.6. The fraction of sp³-hybridized carbons (Fsp3) is 0.533. The van der Waals surface area contributed by atoms with Gasteiger partial charge in [0.05, 0.1) is 0 Å². The van der Waals surface area contributed by atoms with E-state index in [0.29, 0.717) is 18.5 Å². The molecule has 0 aliphatic carbocycles. The minimum Gasteiger partial charge on any atom is -0.341 e. The highest BCUT2D eigenvalue weighted by Crippen LogP contribution is 2.13. The van der Waals surface area contributed by atoms with E-state index in [1.165, 1.54) is 17.0 Å². The van der Waals surface area contributed by atoms with Crippen LogP contribution in [0.4, 0.5) is 8.78 Å². The van der Waals surface area contributed by atoms with Gasteiger partial charge in [-0.3, -0.25) is 4.79 Å². The van der Waals surface area contributed by atoms with Crippen LogP contribution in [0.25, 0.3) is 0 Å². The molecular weight excluding hydrogens is 262 g/mol. The molecule has 0 aromatic heterocycles. The first-order valence-corrected chi connectivity index (χ1v) is 6.92. The zero-order chi connectivity index (χ0) is 15.0. The van der Waals surface area contributed by atoms with Crippen molar-refractivity contribution in [3.8, 4) is 0 Å². The van der Waals surface area contributed by atoms with E-state index in [0.717, 1.165) is 31.7 Å². The summed E-state index contributed by atoms with van der Waals surface area (Å²) in [6.45, 7) is 0.839. The van der Waals surface area contributed by atoms with Gasteiger partial charge in [0.2, 0.25) is 5.91 Å². The van der Waals surface area contributed by atoms with Crippen LogP contribution in [0.5, 0.6) is 0 Å². The van der Waals surface area contributed by atoms with Crippen LogP contribution in [0.15, 0.2) is 18.2 Å². The largest absolute Gasteiger partial charge is 0.341 e. The number of nitrogens with zero attached hydrogens (tertiary/aromatic N) is 1. The number of halogens is 2. The maximum atomic E-state index is 13.5. The van der Waals surface area contributed by atoms with E-state index >= 15 is 0 Å². The first-order chi connectivity index (χ1) is 9.54. The van der Waals surface area contributed by atoms with Crippen molar-refractivity contribution in [1.82, 2.24) is 4.90 Å². The Hall–Kier alpha value is -1.49. The summed E-state index contributed by atoms with van der Waals surface area (Å²) in [4.78, 5) is 13.3. The van der Waals surface area contributed by atoms with Crippen LogP contribution < -0.4 is 5.73 Å². The van der Waals surface area contributed by atoms with Crippen molar-refractivity contribution in [1.29, 1.82) is 0 Å². The maximum Gasteiger partial charge on any atom is 0.222 e. The quantitative estimate of drug-likeness (QED) is 0.746. The van der Waals surface area contributed by atoms with Crippen LogP contribution >= 0.6 is 0 Å². The molecule has 0 aliphatic heterocycles. The highest BCUT2D eigenvalue weighted by Gasteiger charge is 2.11. The molecule has 20 heavy (non-hydrogen) atoms. The van der Waals surface area contributed by atoms with Crippen molar-refractivity contribution in [2.24, 2.45) is 5.73 Å². The first kappa shape index (κ1) is 16.6. The predicted molar refractivity (Wildman–Crippen MR) is 75.0 cm³/mol. The molecule has 1 aromatic carbocycles. The predicted octanol–water partition coefficient (Wildman–Crippen LogP) is 2.83. The van der Waals surface area contributed by atoms with Gasteiger partial charge in [-0.1, -0.05) is 18.9 Å². The minimum atomic E-state index is -0.618. The lowest BCUT2D eigenvalue weighted by atomic mass is 10.1. The van der Waals surface area contributed by atoms with E-state index < -0.39 is 11.6 Å². The van der Waals surface area contributed by atoms with Gasteiger partial charge in [-0.25, -0.2) is 8.78 Å². The summed E-state index contributed by atoms with van der Waals surface area (Å²) in [5.74, 6) is -1.26. The summed E-state index contributed by atoms with van der Waals surface area (Å²) in [7, 11) is 1.63. The van der Waals surface area contributed by atoms with Gasteiger partial charge in [-0.05, 0) is 25.5 Å². The van der Waals surface area contributed by atoms with Gasteiger partial charge < -0.3 is 10.6 Å². The highest BCUT2D eigenvalue weighted by molar-refractivity contribution is 5.75. The molecule has 0 spiro atoms. The number of rotatable bonds is 8. The fourth-order valence-electron chi connectivity index (χ4n) is 1.96. The van der Waals surface area contributed by atoms with Crippen LogP contribution in [-0.4, -0.2) is 24.4 Å². The van der Waals surface area contributed by atoms with Crippen molar-refractivity contribution in [2.45, 2.75) is 38.6 Å². The molecule has 0 unspecified atom stereocenters. The van der Waals surface area contributed by atoms with Crippen molar-refractivity contribution in [2.75, 3.05) is 13.6 Å². The second-order valence-corrected chi connectivity index (χ2v) is 4.94. The van der Waals surface area contributed by atoms with Crippen LogP contribution in [0.2, 0.25) is 0 Å². The summed E-state index contributed by atoms with van der Waals surface area (Å²) in [6, 6.07) is 3.40. The Morgan fingerprint density at radius 2 is 1.90 bits per heavy atom. The summed E-state index contributed by atoms with van der Waals surface area (Å²) in [6.07, 6.45) is 4.24. The number of hydrogen-bond donors (Lipinski definition) is 1. The lowest BCUT2D eigenvalue weighted by molar-refractivity contribution is -0.130. The molecule has 2 N–H and O–H groups in total. The molecule has 0 atom stereocenters. The minimum absolute atomic E-state index is 0.0264. The van der Waals surface area contributed by atoms with Gasteiger partial charge in [0, 0.05) is 31.6 Å². The molecule has 0 saturated heterocycles. The Morgan fingerprint density at radius 3 is 2.55 bits per heavy atom. The zero-order valence-corrected chi connectivity index (χ0v) is 11.9. The van der Waals surface area contributed by atoms with Gasteiger partial charge in [0.15, 0.2) is 0 Å². The molecule has 0 fully saturated rings. The topological polar surface area (TPSA) is 46.3 Å².